The normalized spacial score (nSPS) is 10.5. The van der Waals surface area contributed by atoms with E-state index in [1.165, 1.54) is 12.1 Å². The number of hydrogen-bond acceptors (Lipinski definition) is 5. The second kappa shape index (κ2) is 15.1. The Balaban J connectivity index is 1.34. The van der Waals surface area contributed by atoms with Crippen LogP contribution in [0.5, 0.6) is 11.5 Å². The third-order valence-corrected chi connectivity index (χ3v) is 5.87. The molecule has 0 fully saturated rings. The molecular weight excluding hydrogens is 468 g/mol. The van der Waals surface area contributed by atoms with Gasteiger partial charge in [0, 0.05) is 6.08 Å². The molecule has 37 heavy (non-hydrogen) atoms. The third-order valence-electron chi connectivity index (χ3n) is 5.87. The first-order valence-electron chi connectivity index (χ1n) is 12.6. The number of aromatic carboxylic acids is 1. The van der Waals surface area contributed by atoms with Crippen molar-refractivity contribution in [2.24, 2.45) is 0 Å². The number of ether oxygens (including phenoxy) is 3. The molecule has 6 nitrogen and oxygen atoms in total. The monoisotopic (exact) mass is 502 g/mol. The fourth-order valence-corrected chi connectivity index (χ4v) is 3.80. The van der Waals surface area contributed by atoms with Gasteiger partial charge in [-0.2, -0.15) is 0 Å². The average molecular weight is 503 g/mol. The minimum atomic E-state index is -1.00. The van der Waals surface area contributed by atoms with Crippen molar-refractivity contribution in [1.29, 1.82) is 0 Å². The van der Waals surface area contributed by atoms with E-state index < -0.39 is 5.97 Å². The largest absolute Gasteiger partial charge is 0.494 e. The van der Waals surface area contributed by atoms with Gasteiger partial charge < -0.3 is 19.3 Å². The number of rotatable bonds is 16. The molecule has 0 aliphatic heterocycles. The van der Waals surface area contributed by atoms with Gasteiger partial charge in [-0.05, 0) is 53.8 Å². The Morgan fingerprint density at radius 3 is 1.97 bits per heavy atom. The van der Waals surface area contributed by atoms with E-state index in [0.717, 1.165) is 61.0 Å². The van der Waals surface area contributed by atoms with Gasteiger partial charge in [0.05, 0.1) is 13.2 Å². The smallest absolute Gasteiger partial charge is 0.339 e. The van der Waals surface area contributed by atoms with Crippen LogP contribution in [-0.2, 0) is 16.1 Å². The summed E-state index contributed by atoms with van der Waals surface area (Å²) >= 11 is 0. The van der Waals surface area contributed by atoms with Gasteiger partial charge in [0.1, 0.15) is 23.7 Å². The number of para-hydroxylation sites is 1. The molecule has 3 aromatic rings. The number of carbonyl (C=O) groups is 2. The van der Waals surface area contributed by atoms with Crippen molar-refractivity contribution in [1.82, 2.24) is 0 Å². The molecule has 0 radical (unpaired) electrons. The molecule has 0 amide bonds. The molecular formula is C31H34O6. The molecule has 0 atom stereocenters. The van der Waals surface area contributed by atoms with E-state index in [9.17, 15) is 14.7 Å². The fraction of sp³-hybridized carbons (Fsp3) is 0.290. The summed E-state index contributed by atoms with van der Waals surface area (Å²) < 4.78 is 16.6. The van der Waals surface area contributed by atoms with Crippen LogP contribution in [0.4, 0.5) is 0 Å². The summed E-state index contributed by atoms with van der Waals surface area (Å²) in [4.78, 5) is 22.3. The number of unbranched alkanes of at least 4 members (excludes halogenated alkanes) is 5. The van der Waals surface area contributed by atoms with E-state index >= 15 is 0 Å². The van der Waals surface area contributed by atoms with E-state index in [2.05, 4.69) is 6.58 Å². The molecule has 3 aromatic carbocycles. The van der Waals surface area contributed by atoms with Crippen LogP contribution < -0.4 is 9.47 Å². The highest BCUT2D eigenvalue weighted by Crippen LogP contribution is 2.24. The minimum Gasteiger partial charge on any atom is -0.494 e. The van der Waals surface area contributed by atoms with Gasteiger partial charge in [0.2, 0.25) is 0 Å². The number of esters is 1. The zero-order chi connectivity index (χ0) is 26.3. The van der Waals surface area contributed by atoms with Crippen LogP contribution in [0.1, 0.15) is 54.4 Å². The topological polar surface area (TPSA) is 82.1 Å². The maximum Gasteiger partial charge on any atom is 0.339 e. The molecule has 0 aliphatic carbocycles. The lowest BCUT2D eigenvalue weighted by molar-refractivity contribution is -0.137. The highest BCUT2D eigenvalue weighted by atomic mass is 16.5. The van der Waals surface area contributed by atoms with E-state index in [4.69, 9.17) is 14.2 Å². The number of hydrogen-bond donors (Lipinski definition) is 1. The van der Waals surface area contributed by atoms with Crippen LogP contribution >= 0.6 is 0 Å². The number of benzene rings is 3. The number of carboxylic acid groups (broad SMARTS) is 1. The molecule has 0 unspecified atom stereocenters. The maximum absolute atomic E-state index is 11.3. The standard InChI is InChI=1S/C31H34O6/c1-2-30(32)36-22-10-6-4-3-5-9-21-35-27-19-17-26(18-20-27)25-15-13-24(14-16-25)23-37-29-12-8-7-11-28(29)31(33)34/h2,7-8,11-20H,1,3-6,9-10,21-23H2,(H,33,34). The van der Waals surface area contributed by atoms with Crippen LogP contribution in [0.2, 0.25) is 0 Å². The summed E-state index contributed by atoms with van der Waals surface area (Å²) in [6.07, 6.45) is 7.53. The molecule has 0 aromatic heterocycles. The van der Waals surface area contributed by atoms with Crippen LogP contribution in [0, 0.1) is 0 Å². The summed E-state index contributed by atoms with van der Waals surface area (Å²) in [5, 5.41) is 9.28. The molecule has 0 spiro atoms. The van der Waals surface area contributed by atoms with E-state index in [1.807, 2.05) is 48.5 Å². The Kier molecular flexibility index (Phi) is 11.3. The van der Waals surface area contributed by atoms with Crippen molar-refractivity contribution in [3.63, 3.8) is 0 Å². The molecule has 0 bridgehead atoms. The highest BCUT2D eigenvalue weighted by molar-refractivity contribution is 5.90. The quantitative estimate of drug-likeness (QED) is 0.128. The van der Waals surface area contributed by atoms with Gasteiger partial charge in [-0.15, -0.1) is 0 Å². The molecule has 0 saturated heterocycles. The van der Waals surface area contributed by atoms with Crippen LogP contribution in [0.3, 0.4) is 0 Å². The van der Waals surface area contributed by atoms with Crippen molar-refractivity contribution in [2.75, 3.05) is 13.2 Å². The lowest BCUT2D eigenvalue weighted by Gasteiger charge is -2.10. The second-order valence-corrected chi connectivity index (χ2v) is 8.65. The van der Waals surface area contributed by atoms with E-state index in [0.29, 0.717) is 25.6 Å². The Labute approximate surface area is 218 Å². The Bertz CT molecular complexity index is 1140. The Morgan fingerprint density at radius 1 is 0.730 bits per heavy atom. The summed E-state index contributed by atoms with van der Waals surface area (Å²) in [7, 11) is 0. The molecule has 194 valence electrons. The van der Waals surface area contributed by atoms with Crippen molar-refractivity contribution in [2.45, 2.75) is 45.1 Å². The van der Waals surface area contributed by atoms with Crippen molar-refractivity contribution < 1.29 is 28.9 Å². The van der Waals surface area contributed by atoms with Gasteiger partial charge in [-0.25, -0.2) is 9.59 Å². The number of carboxylic acids is 1. The first kappa shape index (κ1) is 27.5. The van der Waals surface area contributed by atoms with Crippen molar-refractivity contribution in [3.05, 3.63) is 96.6 Å². The van der Waals surface area contributed by atoms with Crippen molar-refractivity contribution >= 4 is 11.9 Å². The summed E-state index contributed by atoms with van der Waals surface area (Å²) in [6.45, 7) is 4.83. The summed E-state index contributed by atoms with van der Waals surface area (Å²) in [5.41, 5.74) is 3.29. The van der Waals surface area contributed by atoms with E-state index in [1.54, 1.807) is 18.2 Å². The van der Waals surface area contributed by atoms with Crippen molar-refractivity contribution in [3.8, 4) is 22.6 Å². The predicted octanol–water partition coefficient (Wildman–Crippen LogP) is 7.08. The Hall–Kier alpha value is -4.06. The summed E-state index contributed by atoms with van der Waals surface area (Å²) in [6, 6.07) is 22.7. The second-order valence-electron chi connectivity index (χ2n) is 8.65. The van der Waals surface area contributed by atoms with Gasteiger partial charge in [0.25, 0.3) is 0 Å². The first-order chi connectivity index (χ1) is 18.1. The minimum absolute atomic E-state index is 0.155. The highest BCUT2D eigenvalue weighted by Gasteiger charge is 2.10. The predicted molar refractivity (Wildman–Crippen MR) is 144 cm³/mol. The molecule has 3 rings (SSSR count). The third kappa shape index (κ3) is 9.49. The molecule has 0 saturated carbocycles. The van der Waals surface area contributed by atoms with Crippen LogP contribution in [0.25, 0.3) is 11.1 Å². The first-order valence-corrected chi connectivity index (χ1v) is 12.6. The molecule has 6 heteroatoms. The zero-order valence-electron chi connectivity index (χ0n) is 21.1. The van der Waals surface area contributed by atoms with Gasteiger partial charge in [0.15, 0.2) is 0 Å². The summed E-state index contributed by atoms with van der Waals surface area (Å²) in [5.74, 6) is -0.143. The maximum atomic E-state index is 11.3. The lowest BCUT2D eigenvalue weighted by atomic mass is 10.0. The molecule has 1 N–H and O–H groups in total. The fourth-order valence-electron chi connectivity index (χ4n) is 3.80. The lowest BCUT2D eigenvalue weighted by Crippen LogP contribution is -2.03. The van der Waals surface area contributed by atoms with Gasteiger partial charge in [-0.1, -0.05) is 80.8 Å². The SMILES string of the molecule is C=CC(=O)OCCCCCCCCOc1ccc(-c2ccc(COc3ccccc3C(=O)O)cc2)cc1. The zero-order valence-corrected chi connectivity index (χ0v) is 21.1. The van der Waals surface area contributed by atoms with Crippen LogP contribution in [0.15, 0.2) is 85.5 Å². The van der Waals surface area contributed by atoms with E-state index in [-0.39, 0.29) is 11.5 Å². The van der Waals surface area contributed by atoms with Gasteiger partial charge in [-0.3, -0.25) is 0 Å². The molecule has 0 heterocycles. The number of carbonyl (C=O) groups excluding carboxylic acids is 1. The molecule has 0 aliphatic rings. The van der Waals surface area contributed by atoms with Gasteiger partial charge >= 0.3 is 11.9 Å². The average Bonchev–Trinajstić information content (AvgIpc) is 2.93. The van der Waals surface area contributed by atoms with Crippen LogP contribution in [-0.4, -0.2) is 30.3 Å². The Morgan fingerprint density at radius 2 is 1.32 bits per heavy atom.